The number of hydrogen-bond acceptors (Lipinski definition) is 2. The summed E-state index contributed by atoms with van der Waals surface area (Å²) in [7, 11) is -4.99. The van der Waals surface area contributed by atoms with E-state index in [2.05, 4.69) is 189 Å². The zero-order chi connectivity index (χ0) is 30.7. The maximum atomic E-state index is 9.14. The highest BCUT2D eigenvalue weighted by Crippen LogP contribution is 2.50. The van der Waals surface area contributed by atoms with Crippen molar-refractivity contribution in [3.05, 3.63) is 195 Å². The molecule has 0 spiro atoms. The maximum Gasteiger partial charge on any atom is 0.301 e. The number of hydrogen-bond donors (Lipinski definition) is 0. The van der Waals surface area contributed by atoms with Gasteiger partial charge in [0.05, 0.1) is 37.8 Å². The second kappa shape index (κ2) is 14.5. The van der Waals surface area contributed by atoms with E-state index in [1.807, 2.05) is 0 Å². The van der Waals surface area contributed by atoms with Crippen LogP contribution in [0.4, 0.5) is 0 Å². The molecule has 0 aliphatic carbocycles. The molecule has 216 valence electrons. The monoisotopic (exact) mass is 609 g/mol. The molecule has 0 amide bonds. The van der Waals surface area contributed by atoms with Gasteiger partial charge in [-0.05, 0) is 78.9 Å². The Bertz CT molecular complexity index is 1580. The lowest BCUT2D eigenvalue weighted by molar-refractivity contribution is -0.297. The van der Waals surface area contributed by atoms with E-state index < -0.39 is 20.1 Å². The first-order valence-corrected chi connectivity index (χ1v) is 17.8. The number of nitrogens with zero attached hydrogens (tertiary/aromatic N) is 1. The van der Waals surface area contributed by atoms with Gasteiger partial charge >= 0.3 is 14.1 Å². The molecule has 0 saturated heterocycles. The summed E-state index contributed by atoms with van der Waals surface area (Å²) in [6.07, 6.45) is 0.722. The topological polar surface area (TPSA) is 54.2 Å². The van der Waals surface area contributed by atoms with Gasteiger partial charge in [-0.2, -0.15) is 0 Å². The highest BCUT2D eigenvalue weighted by Gasteiger charge is 2.44. The lowest BCUT2D eigenvalue weighted by atomic mass is 10.4. The third-order valence-corrected chi connectivity index (χ3v) is 15.6. The van der Waals surface area contributed by atoms with Crippen LogP contribution in [0, 0.1) is 0 Å². The molecule has 0 heterocycles. The summed E-state index contributed by atoms with van der Waals surface area (Å²) >= 11 is 0. The summed E-state index contributed by atoms with van der Waals surface area (Å²) in [5, 5.41) is 16.7. The van der Waals surface area contributed by atoms with Gasteiger partial charge in [0.25, 0.3) is 0 Å². The molecule has 0 aliphatic heterocycles. The van der Waals surface area contributed by atoms with Crippen LogP contribution >= 0.6 is 14.1 Å². The highest BCUT2D eigenvalue weighted by molar-refractivity contribution is 7.93. The fraction of sp³-hybridized carbons (Fsp3) is 0. The Balaban J connectivity index is 0.000000712. The summed E-state index contributed by atoms with van der Waals surface area (Å²) in [6.45, 7) is 2.90. The standard InChI is InChI=1S/C36H30NP2.C3H4O2/c1-7-19-31(20-8-1)38(32-21-9-2-10-22-32,33-23-11-3-12-24-33)37-39(34-25-13-4-14-26-34,35-27-15-5-16-28-35)36-29-17-6-18-30-36;1-2-3(4)5/h1-30H;2H,1H2,(H,4,5)/q+1;/p-1. The number of rotatable bonds is 7. The van der Waals surface area contributed by atoms with Gasteiger partial charge in [0, 0.05) is 0 Å². The minimum Gasteiger partial charge on any atom is -0.545 e. The van der Waals surface area contributed by atoms with E-state index in [4.69, 9.17) is 14.1 Å². The van der Waals surface area contributed by atoms with Crippen LogP contribution in [0.5, 0.6) is 0 Å². The van der Waals surface area contributed by atoms with E-state index in [0.29, 0.717) is 0 Å². The van der Waals surface area contributed by atoms with Crippen molar-refractivity contribution in [2.24, 2.45) is 0 Å². The van der Waals surface area contributed by atoms with Crippen molar-refractivity contribution < 1.29 is 9.90 Å². The van der Waals surface area contributed by atoms with Gasteiger partial charge in [-0.1, -0.05) is 116 Å². The highest BCUT2D eigenvalue weighted by atomic mass is 31.2. The fourth-order valence-electron chi connectivity index (χ4n) is 5.27. The Morgan fingerprint density at radius 3 is 0.727 bits per heavy atom. The van der Waals surface area contributed by atoms with Crippen LogP contribution in [0.15, 0.2) is 195 Å². The molecular weight excluding hydrogens is 576 g/mol. The van der Waals surface area contributed by atoms with Gasteiger partial charge in [-0.3, -0.25) is 0 Å². The Hall–Kier alpha value is -4.90. The molecule has 0 aliphatic rings. The van der Waals surface area contributed by atoms with E-state index in [9.17, 15) is 0 Å². The molecule has 0 radical (unpaired) electrons. The second-order valence-corrected chi connectivity index (χ2v) is 16.3. The van der Waals surface area contributed by atoms with E-state index in [0.717, 1.165) is 6.08 Å². The van der Waals surface area contributed by atoms with E-state index in [1.165, 1.54) is 31.8 Å². The lowest BCUT2D eigenvalue weighted by Gasteiger charge is -2.20. The summed E-state index contributed by atoms with van der Waals surface area (Å²) in [5.74, 6) is -1.23. The van der Waals surface area contributed by atoms with Crippen molar-refractivity contribution >= 4 is 51.9 Å². The summed E-state index contributed by atoms with van der Waals surface area (Å²) in [4.78, 5) is 9.14. The number of carbonyl (C=O) groups is 1. The fourth-order valence-corrected chi connectivity index (χ4v) is 14.8. The van der Waals surface area contributed by atoms with Crippen LogP contribution < -0.4 is 41.1 Å². The summed E-state index contributed by atoms with van der Waals surface area (Å²) < 4.78 is 6.38. The lowest BCUT2D eigenvalue weighted by Crippen LogP contribution is -2.31. The third-order valence-electron chi connectivity index (χ3n) is 7.21. The number of carboxylic acids is 1. The number of benzene rings is 6. The molecule has 44 heavy (non-hydrogen) atoms. The first kappa shape index (κ1) is 30.6. The Morgan fingerprint density at radius 2 is 0.591 bits per heavy atom. The third kappa shape index (κ3) is 6.37. The van der Waals surface area contributed by atoms with E-state index in [1.54, 1.807) is 0 Å². The predicted octanol–water partition coefficient (Wildman–Crippen LogP) is 5.33. The smallest absolute Gasteiger partial charge is 0.301 e. The number of aliphatic carboxylic acids is 1. The molecule has 0 unspecified atom stereocenters. The van der Waals surface area contributed by atoms with Crippen molar-refractivity contribution in [1.29, 1.82) is 0 Å². The number of carbonyl (C=O) groups excluding carboxylic acids is 1. The molecular formula is C39H33NO2P2. The average molecular weight is 610 g/mol. The van der Waals surface area contributed by atoms with Crippen molar-refractivity contribution in [2.75, 3.05) is 0 Å². The normalized spacial score (nSPS) is 10.9. The van der Waals surface area contributed by atoms with Crippen molar-refractivity contribution in [2.45, 2.75) is 0 Å². The largest absolute Gasteiger partial charge is 0.545 e. The maximum absolute atomic E-state index is 9.14. The van der Waals surface area contributed by atoms with Gasteiger partial charge in [0.15, 0.2) is 0 Å². The Labute approximate surface area is 260 Å². The number of carboxylic acid groups (broad SMARTS) is 1. The molecule has 3 nitrogen and oxygen atoms in total. The van der Waals surface area contributed by atoms with Crippen molar-refractivity contribution in [3.63, 3.8) is 0 Å². The van der Waals surface area contributed by atoms with E-state index >= 15 is 0 Å². The molecule has 6 aromatic carbocycles. The zero-order valence-corrected chi connectivity index (χ0v) is 26.1. The average Bonchev–Trinajstić information content (AvgIpc) is 3.12. The quantitative estimate of drug-likeness (QED) is 0.140. The van der Waals surface area contributed by atoms with Crippen LogP contribution in [-0.2, 0) is 4.79 Å². The molecule has 5 heteroatoms. The first-order valence-electron chi connectivity index (χ1n) is 14.3. The minimum atomic E-state index is -2.50. The van der Waals surface area contributed by atoms with Crippen LogP contribution in [0.3, 0.4) is 0 Å². The summed E-state index contributed by atoms with van der Waals surface area (Å²) in [6, 6.07) is 65.7. The molecule has 0 fully saturated rings. The van der Waals surface area contributed by atoms with Crippen molar-refractivity contribution in [1.82, 2.24) is 4.17 Å². The van der Waals surface area contributed by atoms with Gasteiger partial charge in [0.2, 0.25) is 0 Å². The Morgan fingerprint density at radius 1 is 0.432 bits per heavy atom. The minimum absolute atomic E-state index is 0.722. The van der Waals surface area contributed by atoms with Crippen LogP contribution in [0.1, 0.15) is 0 Å². The zero-order valence-electron chi connectivity index (χ0n) is 24.3. The molecule has 0 saturated carbocycles. The van der Waals surface area contributed by atoms with E-state index in [-0.39, 0.29) is 0 Å². The summed E-state index contributed by atoms with van der Waals surface area (Å²) in [5.41, 5.74) is 0. The molecule has 0 atom stereocenters. The molecule has 0 N–H and O–H groups in total. The van der Waals surface area contributed by atoms with Crippen LogP contribution in [-0.4, -0.2) is 5.97 Å². The van der Waals surface area contributed by atoms with Crippen molar-refractivity contribution in [3.8, 4) is 0 Å². The van der Waals surface area contributed by atoms with Crippen LogP contribution in [0.2, 0.25) is 0 Å². The van der Waals surface area contributed by atoms with Gasteiger partial charge in [-0.25, -0.2) is 0 Å². The SMILES string of the molecule is C=CC(=O)[O-].c1ccc(P(=[N+]=P(c2ccccc2)(c2ccccc2)c2ccccc2)(c2ccccc2)c2ccccc2)cc1. The van der Waals surface area contributed by atoms with Crippen LogP contribution in [0.25, 0.3) is 0 Å². The van der Waals surface area contributed by atoms with Gasteiger partial charge in [-0.15, -0.1) is 4.17 Å². The van der Waals surface area contributed by atoms with Gasteiger partial charge < -0.3 is 9.90 Å². The predicted molar refractivity (Wildman–Crippen MR) is 188 cm³/mol. The first-order chi connectivity index (χ1) is 21.6. The molecule has 6 rings (SSSR count). The molecule has 0 aromatic heterocycles. The molecule has 0 bridgehead atoms. The van der Waals surface area contributed by atoms with Gasteiger partial charge in [0.1, 0.15) is 0 Å². The second-order valence-electron chi connectivity index (χ2n) is 9.90. The molecule has 6 aromatic rings. The Kier molecular flexibility index (Phi) is 10.1.